The van der Waals surface area contributed by atoms with Gasteiger partial charge in [0.25, 0.3) is 0 Å². The summed E-state index contributed by atoms with van der Waals surface area (Å²) < 4.78 is 5.99. The lowest BCUT2D eigenvalue weighted by Gasteiger charge is -2.39. The zero-order valence-corrected chi connectivity index (χ0v) is 11.5. The Balaban J connectivity index is 1.61. The zero-order valence-electron chi connectivity index (χ0n) is 11.5. The summed E-state index contributed by atoms with van der Waals surface area (Å²) in [5.41, 5.74) is 0.0491. The monoisotopic (exact) mass is 266 g/mol. The molecule has 2 heterocycles. The predicted molar refractivity (Wildman–Crippen MR) is 69.5 cm³/mol. The van der Waals surface area contributed by atoms with E-state index in [-0.39, 0.29) is 23.5 Å². The molecule has 5 heteroatoms. The Kier molecular flexibility index (Phi) is 3.35. The van der Waals surface area contributed by atoms with E-state index in [1.165, 1.54) is 17.7 Å². The third-order valence-corrected chi connectivity index (χ3v) is 4.83. The van der Waals surface area contributed by atoms with Crippen molar-refractivity contribution in [2.24, 2.45) is 0 Å². The smallest absolute Gasteiger partial charge is 0.246 e. The van der Waals surface area contributed by atoms with Crippen molar-refractivity contribution < 1.29 is 14.3 Å². The number of carbonyl (C=O) groups is 2. The van der Waals surface area contributed by atoms with Gasteiger partial charge in [0, 0.05) is 19.7 Å². The summed E-state index contributed by atoms with van der Waals surface area (Å²) in [4.78, 5) is 24.7. The van der Waals surface area contributed by atoms with Crippen LogP contribution in [-0.2, 0) is 14.3 Å². The minimum atomic E-state index is -0.320. The summed E-state index contributed by atoms with van der Waals surface area (Å²) in [5.74, 6) is -0.165. The Hall–Kier alpha value is -0.940. The third-order valence-electron chi connectivity index (χ3n) is 4.83. The van der Waals surface area contributed by atoms with Gasteiger partial charge in [0.15, 0.2) is 0 Å². The van der Waals surface area contributed by atoms with Gasteiger partial charge in [-0.25, -0.2) is 0 Å². The molecule has 2 amide bonds. The van der Waals surface area contributed by atoms with Crippen LogP contribution in [0.3, 0.4) is 0 Å². The number of likely N-dealkylation sites (tertiary alicyclic amines) is 1. The zero-order chi connectivity index (χ0) is 13.5. The molecule has 1 N–H and O–H groups in total. The van der Waals surface area contributed by atoms with Crippen LogP contribution >= 0.6 is 0 Å². The van der Waals surface area contributed by atoms with Crippen LogP contribution in [0.15, 0.2) is 0 Å². The van der Waals surface area contributed by atoms with Gasteiger partial charge in [-0.2, -0.15) is 0 Å². The number of carbonyl (C=O) groups excluding carboxylic acids is 2. The van der Waals surface area contributed by atoms with Gasteiger partial charge in [-0.3, -0.25) is 14.5 Å². The third kappa shape index (κ3) is 2.41. The molecule has 3 aliphatic rings. The molecular weight excluding hydrogens is 244 g/mol. The van der Waals surface area contributed by atoms with E-state index in [2.05, 4.69) is 5.32 Å². The van der Waals surface area contributed by atoms with Crippen LogP contribution in [0.2, 0.25) is 0 Å². The van der Waals surface area contributed by atoms with Crippen molar-refractivity contribution in [2.75, 3.05) is 13.7 Å². The van der Waals surface area contributed by atoms with Gasteiger partial charge in [-0.15, -0.1) is 0 Å². The number of nitrogens with one attached hydrogen (secondary N) is 1. The second-order valence-electron chi connectivity index (χ2n) is 6.14. The number of nitrogens with zero attached hydrogens (tertiary/aromatic N) is 1. The Morgan fingerprint density at radius 3 is 2.68 bits per heavy atom. The van der Waals surface area contributed by atoms with E-state index >= 15 is 0 Å². The summed E-state index contributed by atoms with van der Waals surface area (Å²) in [6, 6.07) is -0.0147. The van der Waals surface area contributed by atoms with Crippen LogP contribution in [-0.4, -0.2) is 48.1 Å². The molecule has 3 fully saturated rings. The van der Waals surface area contributed by atoms with Gasteiger partial charge in [0.05, 0.1) is 18.1 Å². The normalized spacial score (nSPS) is 34.5. The highest BCUT2D eigenvalue weighted by Gasteiger charge is 2.42. The Morgan fingerprint density at radius 1 is 1.32 bits per heavy atom. The number of ether oxygens (including phenoxy) is 1. The van der Waals surface area contributed by atoms with Gasteiger partial charge < -0.3 is 10.1 Å². The van der Waals surface area contributed by atoms with Crippen molar-refractivity contribution >= 4 is 11.8 Å². The van der Waals surface area contributed by atoms with E-state index in [1.807, 2.05) is 0 Å². The lowest BCUT2D eigenvalue weighted by molar-refractivity contribution is -0.137. The van der Waals surface area contributed by atoms with E-state index in [9.17, 15) is 9.59 Å². The average Bonchev–Trinajstić information content (AvgIpc) is 2.92. The molecule has 0 aromatic carbocycles. The molecule has 1 aliphatic carbocycles. The van der Waals surface area contributed by atoms with E-state index in [4.69, 9.17) is 4.74 Å². The summed E-state index contributed by atoms with van der Waals surface area (Å²) in [6.07, 6.45) is 7.00. The summed E-state index contributed by atoms with van der Waals surface area (Å²) >= 11 is 0. The first-order valence-electron chi connectivity index (χ1n) is 7.30. The summed E-state index contributed by atoms with van der Waals surface area (Å²) in [7, 11) is 1.56. The molecule has 106 valence electrons. The molecular formula is C14H22N2O3. The maximum Gasteiger partial charge on any atom is 0.246 e. The maximum absolute atomic E-state index is 11.9. The second kappa shape index (κ2) is 4.87. The molecule has 5 nitrogen and oxygen atoms in total. The van der Waals surface area contributed by atoms with Gasteiger partial charge in [0.2, 0.25) is 11.8 Å². The van der Waals surface area contributed by atoms with Crippen LogP contribution in [0.25, 0.3) is 0 Å². The van der Waals surface area contributed by atoms with Crippen LogP contribution in [0.1, 0.15) is 44.9 Å². The lowest BCUT2D eigenvalue weighted by atomic mass is 9.88. The second-order valence-corrected chi connectivity index (χ2v) is 6.14. The highest BCUT2D eigenvalue weighted by Crippen LogP contribution is 2.40. The SMILES string of the molecule is CN1C(=O)CC(NC2CCOC3(CCCC3)C2)C1=O. The molecule has 2 saturated heterocycles. The van der Waals surface area contributed by atoms with Gasteiger partial charge in [-0.05, 0) is 25.7 Å². The van der Waals surface area contributed by atoms with Crippen molar-refractivity contribution in [3.8, 4) is 0 Å². The van der Waals surface area contributed by atoms with Crippen molar-refractivity contribution in [1.82, 2.24) is 10.2 Å². The van der Waals surface area contributed by atoms with Gasteiger partial charge in [0.1, 0.15) is 0 Å². The maximum atomic E-state index is 11.9. The van der Waals surface area contributed by atoms with Crippen LogP contribution < -0.4 is 5.32 Å². The molecule has 0 radical (unpaired) electrons. The molecule has 2 aliphatic heterocycles. The fourth-order valence-corrected chi connectivity index (χ4v) is 3.71. The quantitative estimate of drug-likeness (QED) is 0.752. The minimum absolute atomic E-state index is 0.0491. The van der Waals surface area contributed by atoms with E-state index in [1.54, 1.807) is 7.05 Å². The molecule has 3 rings (SSSR count). The number of amides is 2. The van der Waals surface area contributed by atoms with Crippen molar-refractivity contribution in [3.63, 3.8) is 0 Å². The van der Waals surface area contributed by atoms with Crippen molar-refractivity contribution in [1.29, 1.82) is 0 Å². The number of rotatable bonds is 2. The highest BCUT2D eigenvalue weighted by molar-refractivity contribution is 6.05. The Bertz CT molecular complexity index is 390. The molecule has 0 aromatic heterocycles. The number of likely N-dealkylation sites (N-methyl/N-ethyl adjacent to an activating group) is 1. The largest absolute Gasteiger partial charge is 0.375 e. The van der Waals surface area contributed by atoms with E-state index < -0.39 is 0 Å². The first-order chi connectivity index (χ1) is 9.10. The van der Waals surface area contributed by atoms with Crippen molar-refractivity contribution in [2.45, 2.75) is 62.6 Å². The van der Waals surface area contributed by atoms with E-state index in [0.717, 1.165) is 32.3 Å². The molecule has 1 spiro atoms. The summed E-state index contributed by atoms with van der Waals surface area (Å²) in [6.45, 7) is 0.766. The Labute approximate surface area is 113 Å². The topological polar surface area (TPSA) is 58.6 Å². The molecule has 1 saturated carbocycles. The number of hydrogen-bond acceptors (Lipinski definition) is 4. The number of imide groups is 1. The summed E-state index contributed by atoms with van der Waals surface area (Å²) in [5, 5.41) is 3.39. The standard InChI is InChI=1S/C14H22N2O3/c1-16-12(17)8-11(13(16)18)15-10-4-7-19-14(9-10)5-2-3-6-14/h10-11,15H,2-9H2,1H3. The first-order valence-corrected chi connectivity index (χ1v) is 7.30. The molecule has 0 bridgehead atoms. The average molecular weight is 266 g/mol. The highest BCUT2D eigenvalue weighted by atomic mass is 16.5. The molecule has 0 aromatic rings. The fourth-order valence-electron chi connectivity index (χ4n) is 3.71. The molecule has 2 atom stereocenters. The van der Waals surface area contributed by atoms with Crippen LogP contribution in [0, 0.1) is 0 Å². The minimum Gasteiger partial charge on any atom is -0.375 e. The fraction of sp³-hybridized carbons (Fsp3) is 0.857. The van der Waals surface area contributed by atoms with Gasteiger partial charge in [-0.1, -0.05) is 12.8 Å². The van der Waals surface area contributed by atoms with Crippen LogP contribution in [0.4, 0.5) is 0 Å². The van der Waals surface area contributed by atoms with Crippen molar-refractivity contribution in [3.05, 3.63) is 0 Å². The lowest BCUT2D eigenvalue weighted by Crippen LogP contribution is -2.50. The predicted octanol–water partition coefficient (Wildman–Crippen LogP) is 0.825. The van der Waals surface area contributed by atoms with Gasteiger partial charge >= 0.3 is 0 Å². The molecule has 19 heavy (non-hydrogen) atoms. The van der Waals surface area contributed by atoms with Crippen LogP contribution in [0.5, 0.6) is 0 Å². The Morgan fingerprint density at radius 2 is 2.05 bits per heavy atom. The van der Waals surface area contributed by atoms with E-state index in [0.29, 0.717) is 12.5 Å². The first kappa shape index (κ1) is 13.1. The number of hydrogen-bond donors (Lipinski definition) is 1. The molecule has 2 unspecified atom stereocenters.